The second-order valence-electron chi connectivity index (χ2n) is 12.2. The highest BCUT2D eigenvalue weighted by molar-refractivity contribution is 5.99. The molecule has 4 N–H and O–H groups in total. The van der Waals surface area contributed by atoms with Crippen LogP contribution in [0.3, 0.4) is 0 Å². The summed E-state index contributed by atoms with van der Waals surface area (Å²) in [6, 6.07) is 6.68. The lowest BCUT2D eigenvalue weighted by Gasteiger charge is -2.25. The molecule has 0 spiro atoms. The number of benzene rings is 1. The lowest BCUT2D eigenvalue weighted by atomic mass is 10.0. The fourth-order valence-electron chi connectivity index (χ4n) is 5.29. The predicted octanol–water partition coefficient (Wildman–Crippen LogP) is 1.43. The summed E-state index contributed by atoms with van der Waals surface area (Å²) in [5.74, 6) is -1.29. The number of carbonyl (C=O) groups excluding carboxylic acids is 5. The Labute approximate surface area is 273 Å². The van der Waals surface area contributed by atoms with Crippen LogP contribution in [0, 0.1) is 19.8 Å². The summed E-state index contributed by atoms with van der Waals surface area (Å²) in [4.78, 5) is 72.4. The molecule has 1 aliphatic rings. The van der Waals surface area contributed by atoms with E-state index in [4.69, 9.17) is 4.52 Å². The van der Waals surface area contributed by atoms with Crippen molar-refractivity contribution in [3.63, 3.8) is 0 Å². The third kappa shape index (κ3) is 9.01. The summed E-state index contributed by atoms with van der Waals surface area (Å²) in [5.41, 5.74) is 1.37. The van der Waals surface area contributed by atoms with Gasteiger partial charge in [0, 0.05) is 18.7 Å². The minimum Gasteiger partial charge on any atom is -0.361 e. The van der Waals surface area contributed by atoms with Gasteiger partial charge in [-0.05, 0) is 46.5 Å². The summed E-state index contributed by atoms with van der Waals surface area (Å²) in [7, 11) is 0. The monoisotopic (exact) mass is 649 g/mol. The van der Waals surface area contributed by atoms with Gasteiger partial charge >= 0.3 is 0 Å². The maximum absolute atomic E-state index is 13.5. The van der Waals surface area contributed by atoms with Crippen LogP contribution < -0.4 is 21.3 Å². The van der Waals surface area contributed by atoms with Gasteiger partial charge in [0.1, 0.15) is 35.8 Å². The van der Waals surface area contributed by atoms with Crippen LogP contribution in [0.1, 0.15) is 74.2 Å². The molecule has 0 aliphatic carbocycles. The number of hydrogen-bond acceptors (Lipinski definition) is 9. The molecule has 2 aromatic heterocycles. The van der Waals surface area contributed by atoms with E-state index in [1.54, 1.807) is 20.8 Å². The van der Waals surface area contributed by atoms with E-state index < -0.39 is 41.8 Å². The first-order valence-electron chi connectivity index (χ1n) is 15.7. The number of nitrogens with zero attached hydrogens (tertiary/aromatic N) is 5. The van der Waals surface area contributed by atoms with Gasteiger partial charge in [-0.3, -0.25) is 24.0 Å². The summed E-state index contributed by atoms with van der Waals surface area (Å²) < 4.78 is 6.61. The number of rotatable bonds is 4. The van der Waals surface area contributed by atoms with Gasteiger partial charge in [-0.15, -0.1) is 0 Å². The van der Waals surface area contributed by atoms with Crippen LogP contribution in [0.25, 0.3) is 11.4 Å². The van der Waals surface area contributed by atoms with E-state index in [0.29, 0.717) is 35.9 Å². The average Bonchev–Trinajstić information content (AvgIpc) is 3.59. The van der Waals surface area contributed by atoms with Gasteiger partial charge in [0.25, 0.3) is 5.91 Å². The van der Waals surface area contributed by atoms with E-state index in [9.17, 15) is 24.0 Å². The largest absolute Gasteiger partial charge is 0.361 e. The predicted molar refractivity (Wildman–Crippen MR) is 171 cm³/mol. The summed E-state index contributed by atoms with van der Waals surface area (Å²) >= 11 is 0. The molecule has 47 heavy (non-hydrogen) atoms. The summed E-state index contributed by atoms with van der Waals surface area (Å²) in [5, 5.41) is 19.6. The highest BCUT2D eigenvalue weighted by Crippen LogP contribution is 2.20. The van der Waals surface area contributed by atoms with Crippen molar-refractivity contribution in [2.45, 2.75) is 79.1 Å². The van der Waals surface area contributed by atoms with Crippen molar-refractivity contribution in [2.24, 2.45) is 5.92 Å². The molecule has 0 fully saturated rings. The Morgan fingerprint density at radius 1 is 0.957 bits per heavy atom. The highest BCUT2D eigenvalue weighted by Gasteiger charge is 2.30. The van der Waals surface area contributed by atoms with Crippen LogP contribution in [0.5, 0.6) is 0 Å². The molecule has 3 heterocycles. The number of aryl methyl sites for hydroxylation is 2. The first-order chi connectivity index (χ1) is 22.3. The van der Waals surface area contributed by atoms with Gasteiger partial charge < -0.3 is 30.7 Å². The topological polar surface area (TPSA) is 193 Å². The van der Waals surface area contributed by atoms with Crippen molar-refractivity contribution in [3.05, 3.63) is 53.2 Å². The van der Waals surface area contributed by atoms with Crippen LogP contribution >= 0.6 is 0 Å². The van der Waals surface area contributed by atoms with Crippen LogP contribution in [-0.4, -0.2) is 86.1 Å². The molecule has 0 radical (unpaired) electrons. The van der Waals surface area contributed by atoms with E-state index in [0.717, 1.165) is 5.56 Å². The zero-order chi connectivity index (χ0) is 34.2. The molecule has 0 bridgehead atoms. The highest BCUT2D eigenvalue weighted by atomic mass is 16.5. The maximum atomic E-state index is 13.5. The van der Waals surface area contributed by atoms with E-state index in [-0.39, 0.29) is 43.6 Å². The Kier molecular flexibility index (Phi) is 11.5. The summed E-state index contributed by atoms with van der Waals surface area (Å²) in [6.07, 6.45) is 0.655. The normalized spacial score (nSPS) is 20.7. The number of nitrogens with one attached hydrogen (secondary N) is 4. The zero-order valence-corrected chi connectivity index (χ0v) is 27.6. The van der Waals surface area contributed by atoms with Gasteiger partial charge in [-0.25, -0.2) is 9.67 Å². The van der Waals surface area contributed by atoms with Gasteiger partial charge in [0.2, 0.25) is 23.6 Å². The number of fused-ring (bicyclic) bond motifs is 1. The molecule has 0 saturated heterocycles. The molecule has 0 saturated carbocycles. The van der Waals surface area contributed by atoms with Crippen LogP contribution in [0.15, 0.2) is 34.9 Å². The maximum Gasteiger partial charge on any atom is 0.259 e. The lowest BCUT2D eigenvalue weighted by molar-refractivity contribution is -0.132. The van der Waals surface area contributed by atoms with Gasteiger partial charge in [-0.1, -0.05) is 49.3 Å². The quantitative estimate of drug-likeness (QED) is 0.324. The Bertz CT molecular complexity index is 1580. The van der Waals surface area contributed by atoms with Crippen LogP contribution in [0.4, 0.5) is 0 Å². The van der Waals surface area contributed by atoms with Gasteiger partial charge in [-0.2, -0.15) is 5.10 Å². The van der Waals surface area contributed by atoms with Gasteiger partial charge in [0.15, 0.2) is 5.82 Å². The lowest BCUT2D eigenvalue weighted by Crippen LogP contribution is -2.54. The van der Waals surface area contributed by atoms with Crippen molar-refractivity contribution < 1.29 is 28.5 Å². The minimum atomic E-state index is -1.00. The number of hydrogen-bond donors (Lipinski definition) is 4. The molecule has 0 unspecified atom stereocenters. The Hall–Kier alpha value is -5.08. The molecule has 15 nitrogen and oxygen atoms in total. The molecule has 15 heteroatoms. The van der Waals surface area contributed by atoms with E-state index in [2.05, 4.69) is 36.5 Å². The second-order valence-corrected chi connectivity index (χ2v) is 12.2. The van der Waals surface area contributed by atoms with Crippen LogP contribution in [-0.2, 0) is 25.7 Å². The third-order valence-corrected chi connectivity index (χ3v) is 7.68. The molecular weight excluding hydrogens is 606 g/mol. The summed E-state index contributed by atoms with van der Waals surface area (Å²) in [6.45, 7) is 10.1. The number of amides is 5. The standard InChI is InChI=1S/C32H43N9O6/c1-18(2)15-24-31(45)35-20(4)29-37-28(23-11-8-7-9-12-23)38-41(29)17-25(42)33-13-10-14-40(16-26(43)34-21(5)30(44)36-24)32(46)27-19(3)39-47-22(27)6/h7-9,11-12,18,20-21,24H,10,13-17H2,1-6H3,(H,33,42)(H,34,43)(H,35,45)(H,36,44)/t20-,21+,24+/m0/s1. The van der Waals surface area contributed by atoms with Crippen molar-refractivity contribution in [3.8, 4) is 11.4 Å². The van der Waals surface area contributed by atoms with E-state index in [1.165, 1.54) is 16.5 Å². The molecule has 1 aliphatic heterocycles. The molecule has 5 amide bonds. The molecule has 1 aromatic carbocycles. The minimum absolute atomic E-state index is 0.0498. The van der Waals surface area contributed by atoms with Crippen molar-refractivity contribution in [1.29, 1.82) is 0 Å². The smallest absolute Gasteiger partial charge is 0.259 e. The molecule has 3 aromatic rings. The Morgan fingerprint density at radius 3 is 2.34 bits per heavy atom. The van der Waals surface area contributed by atoms with E-state index >= 15 is 0 Å². The second kappa shape index (κ2) is 15.5. The molecular formula is C32H43N9O6. The zero-order valence-electron chi connectivity index (χ0n) is 27.6. The van der Waals surface area contributed by atoms with Crippen LogP contribution in [0.2, 0.25) is 0 Å². The van der Waals surface area contributed by atoms with Crippen molar-refractivity contribution in [1.82, 2.24) is 46.1 Å². The fourth-order valence-corrected chi connectivity index (χ4v) is 5.29. The number of carbonyl (C=O) groups is 5. The van der Waals surface area contributed by atoms with Gasteiger partial charge in [0.05, 0.1) is 18.3 Å². The molecule has 252 valence electrons. The Balaban J connectivity index is 1.64. The Morgan fingerprint density at radius 2 is 1.68 bits per heavy atom. The van der Waals surface area contributed by atoms with Crippen molar-refractivity contribution >= 4 is 29.5 Å². The molecule has 4 rings (SSSR count). The first-order valence-corrected chi connectivity index (χ1v) is 15.7. The molecule has 3 atom stereocenters. The van der Waals surface area contributed by atoms with Crippen molar-refractivity contribution in [2.75, 3.05) is 19.6 Å². The first kappa shape index (κ1) is 34.8. The fraction of sp³-hybridized carbons (Fsp3) is 0.500. The van der Waals surface area contributed by atoms with E-state index in [1.807, 2.05) is 44.2 Å². The third-order valence-electron chi connectivity index (χ3n) is 7.68. The average molecular weight is 650 g/mol. The SMILES string of the molecule is Cc1noc(C)c1C(=O)N1CCCNC(=O)Cn2nc(-c3ccccc3)nc2[C@H](C)NC(=O)[C@@H](CC(C)C)NC(=O)[C@@H](C)NC(=O)C1. The number of aromatic nitrogens is 4.